The molecule has 0 aliphatic carbocycles. The minimum absolute atomic E-state index is 0.0124. The Bertz CT molecular complexity index is 934. The SMILES string of the molecule is O=C([C@@H]1CCCN1C(=O)COc1ccc2ccc(=O)oc2c1)N1CCOCC1. The molecule has 1 aromatic heterocycles. The number of likely N-dealkylation sites (tertiary alicyclic amines) is 1. The summed E-state index contributed by atoms with van der Waals surface area (Å²) in [5.41, 5.74) is -0.0405. The molecule has 1 aromatic carbocycles. The van der Waals surface area contributed by atoms with Gasteiger partial charge in [-0.15, -0.1) is 0 Å². The van der Waals surface area contributed by atoms with E-state index in [1.807, 2.05) is 0 Å². The summed E-state index contributed by atoms with van der Waals surface area (Å²) in [4.78, 5) is 40.2. The molecule has 0 radical (unpaired) electrons. The van der Waals surface area contributed by atoms with Crippen molar-refractivity contribution in [3.05, 3.63) is 40.8 Å². The van der Waals surface area contributed by atoms with E-state index in [4.69, 9.17) is 13.9 Å². The zero-order valence-electron chi connectivity index (χ0n) is 15.5. The van der Waals surface area contributed by atoms with Crippen LogP contribution in [-0.2, 0) is 14.3 Å². The van der Waals surface area contributed by atoms with Crippen molar-refractivity contribution in [3.8, 4) is 5.75 Å². The van der Waals surface area contributed by atoms with Gasteiger partial charge in [-0.1, -0.05) is 0 Å². The van der Waals surface area contributed by atoms with Crippen LogP contribution in [0.1, 0.15) is 12.8 Å². The van der Waals surface area contributed by atoms with Crippen LogP contribution in [-0.4, -0.2) is 67.1 Å². The summed E-state index contributed by atoms with van der Waals surface area (Å²) in [5, 5.41) is 0.772. The molecule has 3 heterocycles. The largest absolute Gasteiger partial charge is 0.484 e. The Labute approximate surface area is 161 Å². The highest BCUT2D eigenvalue weighted by Gasteiger charge is 2.36. The molecular formula is C20H22N2O6. The predicted octanol–water partition coefficient (Wildman–Crippen LogP) is 1.02. The van der Waals surface area contributed by atoms with Crippen LogP contribution in [0.25, 0.3) is 11.0 Å². The van der Waals surface area contributed by atoms with E-state index in [-0.39, 0.29) is 18.4 Å². The first kappa shape index (κ1) is 18.5. The van der Waals surface area contributed by atoms with Crippen molar-refractivity contribution in [1.82, 2.24) is 9.80 Å². The molecule has 8 heteroatoms. The fourth-order valence-corrected chi connectivity index (χ4v) is 3.68. The highest BCUT2D eigenvalue weighted by Crippen LogP contribution is 2.22. The Kier molecular flexibility index (Phi) is 5.29. The molecule has 0 unspecified atom stereocenters. The number of carbonyl (C=O) groups excluding carboxylic acids is 2. The Balaban J connectivity index is 1.40. The third-order valence-electron chi connectivity index (χ3n) is 5.14. The van der Waals surface area contributed by atoms with Crippen molar-refractivity contribution in [3.63, 3.8) is 0 Å². The van der Waals surface area contributed by atoms with Gasteiger partial charge in [-0.3, -0.25) is 9.59 Å². The zero-order chi connectivity index (χ0) is 19.5. The lowest BCUT2D eigenvalue weighted by molar-refractivity contribution is -0.147. The summed E-state index contributed by atoms with van der Waals surface area (Å²) in [5.74, 6) is 0.200. The number of amides is 2. The fraction of sp³-hybridized carbons (Fsp3) is 0.450. The lowest BCUT2D eigenvalue weighted by Gasteiger charge is -2.32. The average Bonchev–Trinajstić information content (AvgIpc) is 3.21. The summed E-state index contributed by atoms with van der Waals surface area (Å²) in [6.45, 7) is 2.58. The van der Waals surface area contributed by atoms with Gasteiger partial charge in [-0.2, -0.15) is 0 Å². The summed E-state index contributed by atoms with van der Waals surface area (Å²) >= 11 is 0. The van der Waals surface area contributed by atoms with Crippen molar-refractivity contribution in [1.29, 1.82) is 0 Å². The normalized spacial score (nSPS) is 19.8. The summed E-state index contributed by atoms with van der Waals surface area (Å²) in [7, 11) is 0. The van der Waals surface area contributed by atoms with Crippen LogP contribution in [0.4, 0.5) is 0 Å². The highest BCUT2D eigenvalue weighted by molar-refractivity contribution is 5.89. The number of morpholine rings is 1. The van der Waals surface area contributed by atoms with E-state index in [0.717, 1.165) is 11.8 Å². The monoisotopic (exact) mass is 386 g/mol. The van der Waals surface area contributed by atoms with Gasteiger partial charge < -0.3 is 23.7 Å². The van der Waals surface area contributed by atoms with Gasteiger partial charge in [0.2, 0.25) is 5.91 Å². The number of hydrogen-bond acceptors (Lipinski definition) is 6. The first-order valence-corrected chi connectivity index (χ1v) is 9.44. The molecule has 2 saturated heterocycles. The van der Waals surface area contributed by atoms with E-state index < -0.39 is 11.7 Å². The average molecular weight is 386 g/mol. The van der Waals surface area contributed by atoms with Crippen LogP contribution in [0.15, 0.2) is 39.5 Å². The van der Waals surface area contributed by atoms with Crippen LogP contribution in [0.3, 0.4) is 0 Å². The Hall–Kier alpha value is -2.87. The molecule has 28 heavy (non-hydrogen) atoms. The molecule has 2 aliphatic rings. The number of rotatable bonds is 4. The number of benzene rings is 1. The molecule has 0 saturated carbocycles. The number of nitrogens with zero attached hydrogens (tertiary/aromatic N) is 2. The van der Waals surface area contributed by atoms with Crippen LogP contribution in [0.5, 0.6) is 5.75 Å². The van der Waals surface area contributed by atoms with Gasteiger partial charge in [0.1, 0.15) is 17.4 Å². The van der Waals surface area contributed by atoms with Gasteiger partial charge in [-0.25, -0.2) is 4.79 Å². The zero-order valence-corrected chi connectivity index (χ0v) is 15.5. The van der Waals surface area contributed by atoms with E-state index in [1.54, 1.807) is 34.1 Å². The topological polar surface area (TPSA) is 89.3 Å². The highest BCUT2D eigenvalue weighted by atomic mass is 16.5. The van der Waals surface area contributed by atoms with Gasteiger partial charge >= 0.3 is 5.63 Å². The van der Waals surface area contributed by atoms with Crippen molar-refractivity contribution in [2.75, 3.05) is 39.5 Å². The Morgan fingerprint density at radius 1 is 1.11 bits per heavy atom. The summed E-state index contributed by atoms with van der Waals surface area (Å²) in [6, 6.07) is 7.66. The van der Waals surface area contributed by atoms with Crippen LogP contribution in [0.2, 0.25) is 0 Å². The third-order valence-corrected chi connectivity index (χ3v) is 5.14. The summed E-state index contributed by atoms with van der Waals surface area (Å²) in [6.07, 6.45) is 1.47. The lowest BCUT2D eigenvalue weighted by atomic mass is 10.2. The maximum absolute atomic E-state index is 12.8. The second kappa shape index (κ2) is 8.02. The van der Waals surface area contributed by atoms with Gasteiger partial charge in [0.15, 0.2) is 6.61 Å². The maximum Gasteiger partial charge on any atom is 0.336 e. The molecule has 8 nitrogen and oxygen atoms in total. The van der Waals surface area contributed by atoms with E-state index in [1.165, 1.54) is 6.07 Å². The molecular weight excluding hydrogens is 364 g/mol. The molecule has 1 atom stereocenters. The van der Waals surface area contributed by atoms with Crippen molar-refractivity contribution >= 4 is 22.8 Å². The number of fused-ring (bicyclic) bond motifs is 1. The van der Waals surface area contributed by atoms with Crippen molar-refractivity contribution in [2.45, 2.75) is 18.9 Å². The Morgan fingerprint density at radius 2 is 1.89 bits per heavy atom. The first-order valence-electron chi connectivity index (χ1n) is 9.44. The van der Waals surface area contributed by atoms with E-state index in [9.17, 15) is 14.4 Å². The molecule has 148 valence electrons. The molecule has 0 bridgehead atoms. The van der Waals surface area contributed by atoms with Crippen LogP contribution in [0, 0.1) is 0 Å². The number of hydrogen-bond donors (Lipinski definition) is 0. The standard InChI is InChI=1S/C20H22N2O6/c23-18(13-27-15-5-3-14-4-6-19(24)28-17(14)12-15)22-7-1-2-16(22)20(25)21-8-10-26-11-9-21/h3-6,12,16H,1-2,7-11,13H2/t16-/m0/s1. The van der Waals surface area contributed by atoms with E-state index in [2.05, 4.69) is 0 Å². The quantitative estimate of drug-likeness (QED) is 0.729. The van der Waals surface area contributed by atoms with Crippen LogP contribution < -0.4 is 10.4 Å². The number of ether oxygens (including phenoxy) is 2. The molecule has 2 amide bonds. The third kappa shape index (κ3) is 3.87. The number of carbonyl (C=O) groups is 2. The maximum atomic E-state index is 12.8. The molecule has 0 N–H and O–H groups in total. The lowest BCUT2D eigenvalue weighted by Crippen LogP contribution is -2.51. The van der Waals surface area contributed by atoms with E-state index in [0.29, 0.717) is 50.6 Å². The second-order valence-electron chi connectivity index (χ2n) is 6.93. The van der Waals surface area contributed by atoms with Crippen molar-refractivity contribution in [2.24, 2.45) is 0 Å². The molecule has 2 aromatic rings. The fourth-order valence-electron chi connectivity index (χ4n) is 3.68. The minimum Gasteiger partial charge on any atom is -0.484 e. The predicted molar refractivity (Wildman–Crippen MR) is 100 cm³/mol. The van der Waals surface area contributed by atoms with Crippen molar-refractivity contribution < 1.29 is 23.5 Å². The summed E-state index contributed by atoms with van der Waals surface area (Å²) < 4.78 is 16.0. The Morgan fingerprint density at radius 3 is 2.71 bits per heavy atom. The first-order chi connectivity index (χ1) is 13.6. The smallest absolute Gasteiger partial charge is 0.336 e. The molecule has 2 fully saturated rings. The minimum atomic E-state index is -0.442. The molecule has 2 aliphatic heterocycles. The van der Waals surface area contributed by atoms with Gasteiger partial charge in [0.25, 0.3) is 5.91 Å². The van der Waals surface area contributed by atoms with E-state index >= 15 is 0 Å². The van der Waals surface area contributed by atoms with Gasteiger partial charge in [0, 0.05) is 37.2 Å². The van der Waals surface area contributed by atoms with Gasteiger partial charge in [-0.05, 0) is 31.0 Å². The van der Waals surface area contributed by atoms with Gasteiger partial charge in [0.05, 0.1) is 13.2 Å². The second-order valence-corrected chi connectivity index (χ2v) is 6.93. The van der Waals surface area contributed by atoms with Crippen LogP contribution >= 0.6 is 0 Å². The molecule has 4 rings (SSSR count). The molecule has 0 spiro atoms.